The first-order valence-corrected chi connectivity index (χ1v) is 22.9. The molecular weight excluding hydrogens is 815 g/mol. The van der Waals surface area contributed by atoms with Crippen LogP contribution in [0.1, 0.15) is 73.3 Å². The number of ether oxygens (including phenoxy) is 2. The standard InChI is InChI=1S/C45H71N7O9S/c1-27(2)38(48-44(56)40(29(5)6)50(8)9)45(57)51(10)39(28(3)4)36(60-11)26-37(53)52-24-16-19-35(52)41(61-12)30(7)42(54)47-34(25-31-17-14-13-15-18-31)43(55)49-62(58,59)33-22-20-32(46)21-23-33/h13-15,17-18,20-23,27-30,34-36,38-41H,16,19,24-26,46H2,1-12H3,(H,47,54)(H,48,56)(H,49,55)/t30-,34+,35+,36-,38+,39+,40+,41-/m1/s1. The van der Waals surface area contributed by atoms with Gasteiger partial charge < -0.3 is 35.6 Å². The third kappa shape index (κ3) is 13.5. The Hall–Kier alpha value is -4.58. The quantitative estimate of drug-likeness (QED) is 0.126. The van der Waals surface area contributed by atoms with E-state index in [0.717, 1.165) is 0 Å². The van der Waals surface area contributed by atoms with Crippen LogP contribution >= 0.6 is 0 Å². The number of likely N-dealkylation sites (N-methyl/N-ethyl adjacent to an activating group) is 2. The van der Waals surface area contributed by atoms with Gasteiger partial charge in [0, 0.05) is 39.9 Å². The van der Waals surface area contributed by atoms with Crippen molar-refractivity contribution in [2.24, 2.45) is 23.7 Å². The third-order valence-electron chi connectivity index (χ3n) is 11.7. The second kappa shape index (κ2) is 23.2. The Morgan fingerprint density at radius 3 is 1.94 bits per heavy atom. The van der Waals surface area contributed by atoms with E-state index in [9.17, 15) is 32.4 Å². The minimum Gasteiger partial charge on any atom is -0.399 e. The number of nitrogens with zero attached hydrogens (tertiary/aromatic N) is 3. The lowest BCUT2D eigenvalue weighted by molar-refractivity contribution is -0.147. The molecule has 5 amide bonds. The number of hydrogen-bond acceptors (Lipinski definition) is 11. The molecule has 1 fully saturated rings. The summed E-state index contributed by atoms with van der Waals surface area (Å²) in [6, 6.07) is 10.7. The van der Waals surface area contributed by atoms with Gasteiger partial charge in [0.05, 0.1) is 47.6 Å². The van der Waals surface area contributed by atoms with Gasteiger partial charge in [-0.1, -0.05) is 78.8 Å². The molecule has 1 aliphatic rings. The van der Waals surface area contributed by atoms with Crippen molar-refractivity contribution < 1.29 is 41.9 Å². The zero-order valence-corrected chi connectivity index (χ0v) is 39.4. The molecule has 0 bridgehead atoms. The van der Waals surface area contributed by atoms with Crippen LogP contribution in [0.4, 0.5) is 5.69 Å². The topological polar surface area (TPSA) is 210 Å². The number of amides is 5. The molecular formula is C45H71N7O9S. The first-order valence-electron chi connectivity index (χ1n) is 21.4. The normalized spacial score (nSPS) is 17.9. The predicted octanol–water partition coefficient (Wildman–Crippen LogP) is 3.06. The van der Waals surface area contributed by atoms with Gasteiger partial charge in [0.1, 0.15) is 12.1 Å². The number of carbonyl (C=O) groups excluding carboxylic acids is 5. The molecule has 2 aromatic carbocycles. The number of sulfonamides is 1. The molecule has 346 valence electrons. The maximum absolute atomic E-state index is 14.3. The number of anilines is 1. The summed E-state index contributed by atoms with van der Waals surface area (Å²) in [6.07, 6.45) is -0.385. The average Bonchev–Trinajstić information content (AvgIpc) is 3.69. The highest BCUT2D eigenvalue weighted by molar-refractivity contribution is 7.90. The van der Waals surface area contributed by atoms with Gasteiger partial charge in [-0.25, -0.2) is 13.1 Å². The van der Waals surface area contributed by atoms with Gasteiger partial charge in [-0.2, -0.15) is 0 Å². The van der Waals surface area contributed by atoms with Crippen molar-refractivity contribution >= 4 is 45.2 Å². The maximum atomic E-state index is 14.3. The van der Waals surface area contributed by atoms with Crippen molar-refractivity contribution in [2.75, 3.05) is 47.6 Å². The van der Waals surface area contributed by atoms with E-state index >= 15 is 0 Å². The molecule has 3 rings (SSSR count). The first kappa shape index (κ1) is 51.8. The van der Waals surface area contributed by atoms with Crippen LogP contribution in [-0.2, 0) is 49.9 Å². The number of benzene rings is 2. The number of carbonyl (C=O) groups is 5. The molecule has 0 radical (unpaired) electrons. The van der Waals surface area contributed by atoms with Crippen LogP contribution in [0.2, 0.25) is 0 Å². The Balaban J connectivity index is 1.81. The summed E-state index contributed by atoms with van der Waals surface area (Å²) < 4.78 is 40.4. The average molecular weight is 886 g/mol. The number of nitrogens with two attached hydrogens (primary N) is 1. The molecule has 1 saturated heterocycles. The van der Waals surface area contributed by atoms with Gasteiger partial charge >= 0.3 is 0 Å². The molecule has 0 saturated carbocycles. The van der Waals surface area contributed by atoms with Crippen LogP contribution in [0.25, 0.3) is 0 Å². The van der Waals surface area contributed by atoms with Crippen LogP contribution < -0.4 is 21.1 Å². The molecule has 16 nitrogen and oxygen atoms in total. The van der Waals surface area contributed by atoms with Gasteiger partial charge in [0.25, 0.3) is 15.9 Å². The maximum Gasteiger partial charge on any atom is 0.264 e. The molecule has 5 N–H and O–H groups in total. The van der Waals surface area contributed by atoms with Crippen LogP contribution in [0.3, 0.4) is 0 Å². The fourth-order valence-electron chi connectivity index (χ4n) is 8.57. The van der Waals surface area contributed by atoms with Gasteiger partial charge in [0.2, 0.25) is 23.6 Å². The lowest BCUT2D eigenvalue weighted by Crippen LogP contribution is -2.59. The fourth-order valence-corrected chi connectivity index (χ4v) is 9.59. The predicted molar refractivity (Wildman–Crippen MR) is 239 cm³/mol. The number of rotatable bonds is 22. The van der Waals surface area contributed by atoms with Crippen molar-refractivity contribution in [3.63, 3.8) is 0 Å². The van der Waals surface area contributed by atoms with Crippen LogP contribution in [-0.4, -0.2) is 137 Å². The lowest BCUT2D eigenvalue weighted by atomic mass is 9.91. The molecule has 0 unspecified atom stereocenters. The Kier molecular flexibility index (Phi) is 19.4. The smallest absolute Gasteiger partial charge is 0.264 e. The number of methoxy groups -OCH3 is 2. The van der Waals surface area contributed by atoms with E-state index in [2.05, 4.69) is 15.4 Å². The van der Waals surface area contributed by atoms with E-state index in [1.165, 1.54) is 38.5 Å². The van der Waals surface area contributed by atoms with Crippen molar-refractivity contribution in [3.8, 4) is 0 Å². The summed E-state index contributed by atoms with van der Waals surface area (Å²) in [5, 5.41) is 5.76. The summed E-state index contributed by atoms with van der Waals surface area (Å²) in [6.45, 7) is 13.6. The second-order valence-corrected chi connectivity index (χ2v) is 19.3. The molecule has 8 atom stereocenters. The van der Waals surface area contributed by atoms with E-state index in [0.29, 0.717) is 30.6 Å². The van der Waals surface area contributed by atoms with Crippen molar-refractivity contribution in [1.29, 1.82) is 0 Å². The summed E-state index contributed by atoms with van der Waals surface area (Å²) in [7, 11) is 4.00. The Labute approximate surface area is 369 Å². The van der Waals surface area contributed by atoms with Crippen LogP contribution in [0, 0.1) is 23.7 Å². The molecule has 2 aromatic rings. The van der Waals surface area contributed by atoms with E-state index in [-0.39, 0.29) is 53.2 Å². The lowest BCUT2D eigenvalue weighted by Gasteiger charge is -2.40. The fraction of sp³-hybridized carbons (Fsp3) is 0.622. The second-order valence-electron chi connectivity index (χ2n) is 17.6. The third-order valence-corrected chi connectivity index (χ3v) is 13.1. The number of hydrogen-bond donors (Lipinski definition) is 4. The molecule has 0 aromatic heterocycles. The van der Waals surface area contributed by atoms with Gasteiger partial charge in [-0.05, 0) is 74.5 Å². The van der Waals surface area contributed by atoms with Gasteiger partial charge in [-0.15, -0.1) is 0 Å². The molecule has 1 aliphatic heterocycles. The Morgan fingerprint density at radius 2 is 1.42 bits per heavy atom. The molecule has 0 spiro atoms. The Morgan fingerprint density at radius 1 is 0.806 bits per heavy atom. The van der Waals surface area contributed by atoms with Gasteiger partial charge in [-0.3, -0.25) is 28.9 Å². The summed E-state index contributed by atoms with van der Waals surface area (Å²) in [4.78, 5) is 74.6. The monoisotopic (exact) mass is 886 g/mol. The molecule has 17 heteroatoms. The summed E-state index contributed by atoms with van der Waals surface area (Å²) >= 11 is 0. The van der Waals surface area contributed by atoms with Gasteiger partial charge in [0.15, 0.2) is 0 Å². The van der Waals surface area contributed by atoms with Crippen molar-refractivity contribution in [1.82, 2.24) is 30.1 Å². The highest BCUT2D eigenvalue weighted by atomic mass is 32.2. The van der Waals surface area contributed by atoms with Crippen molar-refractivity contribution in [3.05, 3.63) is 60.2 Å². The highest BCUT2D eigenvalue weighted by Crippen LogP contribution is 2.29. The van der Waals surface area contributed by atoms with Crippen molar-refractivity contribution in [2.45, 2.75) is 121 Å². The zero-order chi connectivity index (χ0) is 46.6. The molecule has 1 heterocycles. The highest BCUT2D eigenvalue weighted by Gasteiger charge is 2.43. The molecule has 62 heavy (non-hydrogen) atoms. The minimum absolute atomic E-state index is 0.000709. The van der Waals surface area contributed by atoms with E-state index in [1.807, 2.05) is 60.5 Å². The Bertz CT molecular complexity index is 1900. The zero-order valence-electron chi connectivity index (χ0n) is 38.6. The molecule has 0 aliphatic carbocycles. The summed E-state index contributed by atoms with van der Waals surface area (Å²) in [5.74, 6) is -3.49. The van der Waals surface area contributed by atoms with Crippen LogP contribution in [0.15, 0.2) is 59.5 Å². The number of nitrogen functional groups attached to an aromatic ring is 1. The van der Waals surface area contributed by atoms with E-state index in [1.54, 1.807) is 54.1 Å². The number of likely N-dealkylation sites (tertiary alicyclic amines) is 1. The van der Waals surface area contributed by atoms with E-state index < -0.39 is 70.2 Å². The largest absolute Gasteiger partial charge is 0.399 e. The van der Waals surface area contributed by atoms with Crippen LogP contribution in [0.5, 0.6) is 0 Å². The first-order chi connectivity index (χ1) is 29.1. The van der Waals surface area contributed by atoms with E-state index in [4.69, 9.17) is 15.2 Å². The SMILES string of the molecule is CO[C@H]([C@@H](C)C(=O)N[C@@H](Cc1ccccc1)C(=O)NS(=O)(=O)c1ccc(N)cc1)[C@@H]1CCCN1C(=O)C[C@@H](OC)[C@H](C(C)C)N(C)C(=O)[C@@H](NC(=O)[C@H](C(C)C)N(C)C)C(C)C. The minimum atomic E-state index is -4.30. The summed E-state index contributed by atoms with van der Waals surface area (Å²) in [5.41, 5.74) is 6.76. The number of nitrogens with one attached hydrogen (secondary N) is 3.